The second-order valence-corrected chi connectivity index (χ2v) is 3.24. The van der Waals surface area contributed by atoms with Gasteiger partial charge in [-0.3, -0.25) is 9.59 Å². The number of carbonyl (C=O) groups is 2. The maximum Gasteiger partial charge on any atom is 0.222 e. The molecule has 0 atom stereocenters. The summed E-state index contributed by atoms with van der Waals surface area (Å²) in [7, 11) is 0. The first-order valence-electron chi connectivity index (χ1n) is 5.17. The van der Waals surface area contributed by atoms with Crippen molar-refractivity contribution in [3.63, 3.8) is 0 Å². The van der Waals surface area contributed by atoms with Crippen molar-refractivity contribution in [2.75, 3.05) is 13.1 Å². The third-order valence-corrected chi connectivity index (χ3v) is 2.18. The van der Waals surface area contributed by atoms with Gasteiger partial charge in [0.25, 0.3) is 0 Å². The molecule has 0 saturated carbocycles. The lowest BCUT2D eigenvalue weighted by atomic mass is 10.1. The summed E-state index contributed by atoms with van der Waals surface area (Å²) in [6.45, 7) is 5.44. The molecular formula is C10H20N2O2. The Morgan fingerprint density at radius 2 is 1.57 bits per heavy atom. The zero-order chi connectivity index (χ0) is 11.0. The van der Waals surface area contributed by atoms with E-state index in [1.54, 1.807) is 4.90 Å². The van der Waals surface area contributed by atoms with E-state index in [0.717, 1.165) is 19.5 Å². The molecule has 0 aliphatic carbocycles. The standard InChI is InChI=1S/C10H20N2O2/c1-3-12(4-2)10(14)8-6-5-7-9(11)13/h3-8H2,1-2H3,(H2,11,13). The lowest BCUT2D eigenvalue weighted by Crippen LogP contribution is -2.30. The topological polar surface area (TPSA) is 63.4 Å². The largest absolute Gasteiger partial charge is 0.370 e. The quantitative estimate of drug-likeness (QED) is 0.621. The van der Waals surface area contributed by atoms with Crippen LogP contribution in [0.5, 0.6) is 0 Å². The lowest BCUT2D eigenvalue weighted by molar-refractivity contribution is -0.131. The molecule has 0 radical (unpaired) electrons. The molecule has 0 aromatic rings. The molecule has 0 saturated heterocycles. The van der Waals surface area contributed by atoms with Crippen LogP contribution in [-0.4, -0.2) is 29.8 Å². The maximum atomic E-state index is 11.5. The summed E-state index contributed by atoms with van der Waals surface area (Å²) in [5, 5.41) is 0. The molecule has 0 bridgehead atoms. The third kappa shape index (κ3) is 5.56. The van der Waals surface area contributed by atoms with Crippen LogP contribution < -0.4 is 5.73 Å². The van der Waals surface area contributed by atoms with Gasteiger partial charge in [0.1, 0.15) is 0 Å². The van der Waals surface area contributed by atoms with Gasteiger partial charge in [0.05, 0.1) is 0 Å². The number of unbranched alkanes of at least 4 members (excludes halogenated alkanes) is 1. The van der Waals surface area contributed by atoms with Crippen LogP contribution in [0.1, 0.15) is 39.5 Å². The van der Waals surface area contributed by atoms with Crippen molar-refractivity contribution in [1.29, 1.82) is 0 Å². The smallest absolute Gasteiger partial charge is 0.222 e. The number of hydrogen-bond acceptors (Lipinski definition) is 2. The summed E-state index contributed by atoms with van der Waals surface area (Å²) in [4.78, 5) is 23.7. The van der Waals surface area contributed by atoms with Gasteiger partial charge in [0.15, 0.2) is 0 Å². The predicted molar refractivity (Wildman–Crippen MR) is 55.6 cm³/mol. The van der Waals surface area contributed by atoms with E-state index in [9.17, 15) is 9.59 Å². The molecule has 0 fully saturated rings. The molecule has 14 heavy (non-hydrogen) atoms. The van der Waals surface area contributed by atoms with Crippen LogP contribution >= 0.6 is 0 Å². The number of primary amides is 1. The highest BCUT2D eigenvalue weighted by molar-refractivity contribution is 5.76. The molecule has 4 heteroatoms. The SMILES string of the molecule is CCN(CC)C(=O)CCCCC(N)=O. The van der Waals surface area contributed by atoms with E-state index in [0.29, 0.717) is 19.3 Å². The van der Waals surface area contributed by atoms with E-state index in [1.165, 1.54) is 0 Å². The van der Waals surface area contributed by atoms with Gasteiger partial charge < -0.3 is 10.6 Å². The molecule has 0 aromatic heterocycles. The fraction of sp³-hybridized carbons (Fsp3) is 0.800. The van der Waals surface area contributed by atoms with Gasteiger partial charge in [-0.2, -0.15) is 0 Å². The van der Waals surface area contributed by atoms with Gasteiger partial charge in [0, 0.05) is 25.9 Å². The average molecular weight is 200 g/mol. The van der Waals surface area contributed by atoms with Gasteiger partial charge in [-0.25, -0.2) is 0 Å². The van der Waals surface area contributed by atoms with Gasteiger partial charge in [0.2, 0.25) is 11.8 Å². The number of hydrogen-bond donors (Lipinski definition) is 1. The molecule has 2 amide bonds. The molecule has 0 heterocycles. The van der Waals surface area contributed by atoms with Crippen molar-refractivity contribution in [2.24, 2.45) is 5.73 Å². The summed E-state index contributed by atoms with van der Waals surface area (Å²) in [6.07, 6.45) is 2.36. The van der Waals surface area contributed by atoms with Gasteiger partial charge in [-0.05, 0) is 26.7 Å². The number of amides is 2. The van der Waals surface area contributed by atoms with Gasteiger partial charge in [-0.15, -0.1) is 0 Å². The molecule has 2 N–H and O–H groups in total. The second-order valence-electron chi connectivity index (χ2n) is 3.24. The summed E-state index contributed by atoms with van der Waals surface area (Å²) >= 11 is 0. The fourth-order valence-corrected chi connectivity index (χ4v) is 1.31. The maximum absolute atomic E-state index is 11.5. The van der Waals surface area contributed by atoms with Crippen LogP contribution in [0.25, 0.3) is 0 Å². The Bertz CT molecular complexity index is 189. The normalized spacial score (nSPS) is 9.86. The molecule has 0 aliphatic rings. The first-order chi connectivity index (χ1) is 6.61. The molecule has 0 unspecified atom stereocenters. The molecule has 0 spiro atoms. The summed E-state index contributed by atoms with van der Waals surface area (Å²) < 4.78 is 0. The van der Waals surface area contributed by atoms with Crippen molar-refractivity contribution >= 4 is 11.8 Å². The van der Waals surface area contributed by atoms with Crippen molar-refractivity contribution < 1.29 is 9.59 Å². The van der Waals surface area contributed by atoms with Crippen LogP contribution in [0, 0.1) is 0 Å². The van der Waals surface area contributed by atoms with Crippen LogP contribution in [0.4, 0.5) is 0 Å². The van der Waals surface area contributed by atoms with E-state index in [4.69, 9.17) is 5.73 Å². The first kappa shape index (κ1) is 12.9. The molecule has 0 aliphatic heterocycles. The average Bonchev–Trinajstić information content (AvgIpc) is 2.14. The highest BCUT2D eigenvalue weighted by Gasteiger charge is 2.08. The van der Waals surface area contributed by atoms with Gasteiger partial charge in [-0.1, -0.05) is 0 Å². The zero-order valence-corrected chi connectivity index (χ0v) is 9.08. The minimum Gasteiger partial charge on any atom is -0.370 e. The number of rotatable bonds is 7. The monoisotopic (exact) mass is 200 g/mol. The molecule has 4 nitrogen and oxygen atoms in total. The van der Waals surface area contributed by atoms with Gasteiger partial charge >= 0.3 is 0 Å². The fourth-order valence-electron chi connectivity index (χ4n) is 1.31. The van der Waals surface area contributed by atoms with Crippen molar-refractivity contribution in [1.82, 2.24) is 4.90 Å². The molecule has 0 aromatic carbocycles. The Kier molecular flexibility index (Phi) is 6.80. The van der Waals surface area contributed by atoms with E-state index < -0.39 is 0 Å². The Balaban J connectivity index is 3.57. The summed E-state index contributed by atoms with van der Waals surface area (Å²) in [6, 6.07) is 0. The summed E-state index contributed by atoms with van der Waals surface area (Å²) in [5.41, 5.74) is 4.99. The lowest BCUT2D eigenvalue weighted by Gasteiger charge is -2.18. The highest BCUT2D eigenvalue weighted by atomic mass is 16.2. The van der Waals surface area contributed by atoms with Crippen molar-refractivity contribution in [3.8, 4) is 0 Å². The second kappa shape index (κ2) is 7.35. The predicted octanol–water partition coefficient (Wildman–Crippen LogP) is 0.900. The molecular weight excluding hydrogens is 180 g/mol. The van der Waals surface area contributed by atoms with E-state index in [2.05, 4.69) is 0 Å². The Morgan fingerprint density at radius 3 is 2.00 bits per heavy atom. The minimum absolute atomic E-state index is 0.166. The highest BCUT2D eigenvalue weighted by Crippen LogP contribution is 2.02. The van der Waals surface area contributed by atoms with Crippen LogP contribution in [-0.2, 0) is 9.59 Å². The number of carbonyl (C=O) groups excluding carboxylic acids is 2. The first-order valence-corrected chi connectivity index (χ1v) is 5.17. The number of nitrogens with zero attached hydrogens (tertiary/aromatic N) is 1. The number of nitrogens with two attached hydrogens (primary N) is 1. The van der Waals surface area contributed by atoms with E-state index in [1.807, 2.05) is 13.8 Å². The van der Waals surface area contributed by atoms with Crippen LogP contribution in [0.3, 0.4) is 0 Å². The Morgan fingerprint density at radius 1 is 1.07 bits per heavy atom. The van der Waals surface area contributed by atoms with Crippen molar-refractivity contribution in [2.45, 2.75) is 39.5 Å². The van der Waals surface area contributed by atoms with E-state index in [-0.39, 0.29) is 11.8 Å². The molecule has 0 rings (SSSR count). The Hall–Kier alpha value is -1.06. The van der Waals surface area contributed by atoms with Crippen molar-refractivity contribution in [3.05, 3.63) is 0 Å². The third-order valence-electron chi connectivity index (χ3n) is 2.18. The molecule has 82 valence electrons. The van der Waals surface area contributed by atoms with Crippen LogP contribution in [0.15, 0.2) is 0 Å². The summed E-state index contributed by atoms with van der Waals surface area (Å²) in [5.74, 6) is -0.125. The zero-order valence-electron chi connectivity index (χ0n) is 9.08. The minimum atomic E-state index is -0.291. The van der Waals surface area contributed by atoms with E-state index >= 15 is 0 Å². The van der Waals surface area contributed by atoms with Crippen LogP contribution in [0.2, 0.25) is 0 Å². The Labute approximate surface area is 85.4 Å².